The van der Waals surface area contributed by atoms with E-state index >= 15 is 0 Å². The van der Waals surface area contributed by atoms with Crippen LogP contribution in [0, 0.1) is 5.82 Å². The Morgan fingerprint density at radius 1 is 1.42 bits per heavy atom. The number of benzene rings is 1. The molecule has 2 aromatic rings. The first-order valence-electron chi connectivity index (χ1n) is 6.04. The minimum atomic E-state index is -0.265. The Morgan fingerprint density at radius 3 is 2.89 bits per heavy atom. The molecule has 0 fully saturated rings. The molecule has 0 saturated carbocycles. The van der Waals surface area contributed by atoms with Crippen LogP contribution >= 0.6 is 0 Å². The van der Waals surface area contributed by atoms with Gasteiger partial charge in [0.1, 0.15) is 5.82 Å². The largest absolute Gasteiger partial charge is 0.330 e. The summed E-state index contributed by atoms with van der Waals surface area (Å²) in [5.74, 6) is -0.265. The molecule has 5 nitrogen and oxygen atoms in total. The van der Waals surface area contributed by atoms with Gasteiger partial charge in [0, 0.05) is 23.3 Å². The zero-order valence-electron chi connectivity index (χ0n) is 11.0. The van der Waals surface area contributed by atoms with Gasteiger partial charge in [-0.05, 0) is 23.2 Å². The predicted octanol–water partition coefficient (Wildman–Crippen LogP) is 3.91. The minimum absolute atomic E-state index is 0.242. The highest BCUT2D eigenvalue weighted by Crippen LogP contribution is 2.09. The Hall–Kier alpha value is -2.33. The number of aromatic nitrogens is 2. The van der Waals surface area contributed by atoms with Gasteiger partial charge in [0.25, 0.3) is 0 Å². The van der Waals surface area contributed by atoms with Crippen molar-refractivity contribution in [2.24, 2.45) is 5.11 Å². The van der Waals surface area contributed by atoms with Crippen molar-refractivity contribution in [1.29, 1.82) is 0 Å². The van der Waals surface area contributed by atoms with Crippen molar-refractivity contribution < 1.29 is 4.39 Å². The Kier molecular flexibility index (Phi) is 6.12. The number of hydrogen-bond donors (Lipinski definition) is 0. The smallest absolute Gasteiger partial charge is 0.123 e. The van der Waals surface area contributed by atoms with Crippen LogP contribution in [0.15, 0.2) is 41.9 Å². The molecule has 0 aliphatic rings. The van der Waals surface area contributed by atoms with Gasteiger partial charge < -0.3 is 4.57 Å². The molecule has 0 amide bonds. The van der Waals surface area contributed by atoms with Crippen LogP contribution in [0.2, 0.25) is 0 Å². The molecular weight excluding hydrogens is 245 g/mol. The van der Waals surface area contributed by atoms with Crippen LogP contribution in [0.25, 0.3) is 10.4 Å². The van der Waals surface area contributed by atoms with Crippen molar-refractivity contribution in [3.63, 3.8) is 0 Å². The summed E-state index contributed by atoms with van der Waals surface area (Å²) >= 11 is 0. The van der Waals surface area contributed by atoms with Gasteiger partial charge in [-0.2, -0.15) is 0 Å². The molecule has 0 aliphatic heterocycles. The van der Waals surface area contributed by atoms with Gasteiger partial charge in [0.2, 0.25) is 0 Å². The molecule has 0 bridgehead atoms. The van der Waals surface area contributed by atoms with Crippen LogP contribution in [0.1, 0.15) is 25.1 Å². The summed E-state index contributed by atoms with van der Waals surface area (Å²) in [6, 6.07) is 6.37. The van der Waals surface area contributed by atoms with Crippen LogP contribution in [-0.4, -0.2) is 9.55 Å². The third-order valence-electron chi connectivity index (χ3n) is 2.34. The molecule has 0 aliphatic carbocycles. The molecule has 6 heteroatoms. The summed E-state index contributed by atoms with van der Waals surface area (Å²) in [5, 5.41) is 3.48. The van der Waals surface area contributed by atoms with Gasteiger partial charge >= 0.3 is 0 Å². The highest BCUT2D eigenvalue weighted by molar-refractivity contribution is 5.17. The van der Waals surface area contributed by atoms with Crippen LogP contribution in [-0.2, 0) is 13.1 Å². The van der Waals surface area contributed by atoms with Gasteiger partial charge in [0.15, 0.2) is 0 Å². The van der Waals surface area contributed by atoms with Crippen LogP contribution in [0.3, 0.4) is 0 Å². The number of azide groups is 1. The molecule has 0 N–H and O–H groups in total. The normalized spacial score (nSPS) is 9.21. The summed E-state index contributed by atoms with van der Waals surface area (Å²) in [6.45, 7) is 4.75. The number of rotatable bonds is 4. The van der Waals surface area contributed by atoms with E-state index < -0.39 is 0 Å². The molecule has 1 aromatic heterocycles. The lowest BCUT2D eigenvalue weighted by molar-refractivity contribution is 0.622. The van der Waals surface area contributed by atoms with Crippen LogP contribution in [0.4, 0.5) is 4.39 Å². The Balaban J connectivity index is 0.000000861. The molecule has 0 saturated heterocycles. The second-order valence-corrected chi connectivity index (χ2v) is 3.53. The van der Waals surface area contributed by atoms with Gasteiger partial charge in [-0.1, -0.05) is 31.1 Å². The van der Waals surface area contributed by atoms with Crippen LogP contribution in [0.5, 0.6) is 0 Å². The lowest BCUT2D eigenvalue weighted by atomic mass is 10.2. The van der Waals surface area contributed by atoms with Crippen molar-refractivity contribution in [2.75, 3.05) is 0 Å². The maximum atomic E-state index is 13.0. The molecule has 0 radical (unpaired) electrons. The van der Waals surface area contributed by atoms with Crippen molar-refractivity contribution >= 4 is 0 Å². The summed E-state index contributed by atoms with van der Waals surface area (Å²) in [6.07, 6.45) is 3.26. The summed E-state index contributed by atoms with van der Waals surface area (Å²) in [4.78, 5) is 6.68. The zero-order chi connectivity index (χ0) is 14.1. The maximum Gasteiger partial charge on any atom is 0.123 e. The van der Waals surface area contributed by atoms with E-state index in [0.717, 1.165) is 11.3 Å². The topological polar surface area (TPSA) is 66.6 Å². The molecule has 2 rings (SSSR count). The first-order chi connectivity index (χ1) is 9.29. The van der Waals surface area contributed by atoms with E-state index in [9.17, 15) is 4.39 Å². The van der Waals surface area contributed by atoms with E-state index in [-0.39, 0.29) is 12.4 Å². The Morgan fingerprint density at radius 2 is 2.21 bits per heavy atom. The monoisotopic (exact) mass is 261 g/mol. The fourth-order valence-corrected chi connectivity index (χ4v) is 1.56. The third-order valence-corrected chi connectivity index (χ3v) is 2.34. The highest BCUT2D eigenvalue weighted by Gasteiger charge is 2.02. The maximum absolute atomic E-state index is 13.0. The summed E-state index contributed by atoms with van der Waals surface area (Å²) < 4.78 is 14.8. The minimum Gasteiger partial charge on any atom is -0.330 e. The second-order valence-electron chi connectivity index (χ2n) is 3.53. The lowest BCUT2D eigenvalue weighted by Gasteiger charge is -2.06. The van der Waals surface area contributed by atoms with Gasteiger partial charge in [-0.3, -0.25) is 0 Å². The standard InChI is InChI=1S/C11H10FN5.C2H6/c12-10-3-1-2-9(4-10)7-17-8-14-5-11(17)6-15-16-13;1-2/h1-5,8H,6-7H2;1-2H3. The van der Waals surface area contributed by atoms with E-state index in [0.29, 0.717) is 6.54 Å². The lowest BCUT2D eigenvalue weighted by Crippen LogP contribution is -2.02. The summed E-state index contributed by atoms with van der Waals surface area (Å²) in [5.41, 5.74) is 9.90. The van der Waals surface area contributed by atoms with Crippen molar-refractivity contribution in [3.8, 4) is 0 Å². The molecule has 1 aromatic carbocycles. The zero-order valence-corrected chi connectivity index (χ0v) is 11.0. The van der Waals surface area contributed by atoms with Gasteiger partial charge in [0.05, 0.1) is 12.9 Å². The fraction of sp³-hybridized carbons (Fsp3) is 0.308. The number of hydrogen-bond acceptors (Lipinski definition) is 2. The summed E-state index contributed by atoms with van der Waals surface area (Å²) in [7, 11) is 0. The molecule has 100 valence electrons. The molecular formula is C13H16FN5. The van der Waals surface area contributed by atoms with E-state index in [1.54, 1.807) is 18.6 Å². The van der Waals surface area contributed by atoms with E-state index in [4.69, 9.17) is 5.53 Å². The highest BCUT2D eigenvalue weighted by atomic mass is 19.1. The number of nitrogens with zero attached hydrogens (tertiary/aromatic N) is 5. The second kappa shape index (κ2) is 7.89. The first-order valence-corrected chi connectivity index (χ1v) is 6.04. The van der Waals surface area contributed by atoms with E-state index in [1.165, 1.54) is 12.1 Å². The van der Waals surface area contributed by atoms with Gasteiger partial charge in [-0.15, -0.1) is 0 Å². The van der Waals surface area contributed by atoms with Crippen molar-refractivity contribution in [2.45, 2.75) is 26.9 Å². The molecule has 19 heavy (non-hydrogen) atoms. The van der Waals surface area contributed by atoms with E-state index in [2.05, 4.69) is 15.0 Å². The predicted molar refractivity (Wildman–Crippen MR) is 71.9 cm³/mol. The van der Waals surface area contributed by atoms with E-state index in [1.807, 2.05) is 24.5 Å². The number of halogens is 1. The number of imidazole rings is 1. The average Bonchev–Trinajstić information content (AvgIpc) is 2.86. The Bertz CT molecular complexity index is 558. The van der Waals surface area contributed by atoms with Gasteiger partial charge in [-0.25, -0.2) is 9.37 Å². The van der Waals surface area contributed by atoms with Crippen molar-refractivity contribution in [3.05, 3.63) is 64.3 Å². The molecule has 0 atom stereocenters. The fourth-order valence-electron chi connectivity index (χ4n) is 1.56. The third kappa shape index (κ3) is 4.44. The molecule has 0 spiro atoms. The Labute approximate surface area is 111 Å². The quantitative estimate of drug-likeness (QED) is 0.467. The van der Waals surface area contributed by atoms with Crippen molar-refractivity contribution in [1.82, 2.24) is 9.55 Å². The van der Waals surface area contributed by atoms with Crippen LogP contribution < -0.4 is 0 Å². The average molecular weight is 261 g/mol. The SMILES string of the molecule is CC.[N-]=[N+]=NCc1cncn1Cc1cccc(F)c1. The molecule has 1 heterocycles. The first kappa shape index (κ1) is 14.7. The molecule has 0 unspecified atom stereocenters.